The fourth-order valence-electron chi connectivity index (χ4n) is 4.45. The standard InChI is InChI=1S/C21H30N6O2S/c1-14-19(30-15(2)23-14)21(29)26-11-9-18-25-24-17(27(18)13-12-26)8-10-22-20(28)16-6-4-3-5-7-16/h16H,3-13H2,1-2H3,(H,22,28). The van der Waals surface area contributed by atoms with Gasteiger partial charge in [0, 0.05) is 44.9 Å². The van der Waals surface area contributed by atoms with Gasteiger partial charge in [0.1, 0.15) is 16.5 Å². The predicted molar refractivity (Wildman–Crippen MR) is 115 cm³/mol. The normalized spacial score (nSPS) is 17.5. The van der Waals surface area contributed by atoms with Gasteiger partial charge in [0.2, 0.25) is 5.91 Å². The van der Waals surface area contributed by atoms with Crippen molar-refractivity contribution in [3.8, 4) is 0 Å². The third kappa shape index (κ3) is 4.55. The number of amides is 2. The average Bonchev–Trinajstić information content (AvgIpc) is 3.22. The van der Waals surface area contributed by atoms with Crippen LogP contribution < -0.4 is 5.32 Å². The van der Waals surface area contributed by atoms with Crippen LogP contribution in [-0.4, -0.2) is 56.1 Å². The third-order valence-electron chi connectivity index (χ3n) is 6.11. The van der Waals surface area contributed by atoms with E-state index in [0.717, 1.165) is 52.9 Å². The number of nitrogens with one attached hydrogen (secondary N) is 1. The zero-order chi connectivity index (χ0) is 21.1. The number of thiazole rings is 1. The van der Waals surface area contributed by atoms with Gasteiger partial charge in [-0.05, 0) is 26.7 Å². The minimum atomic E-state index is 0.0538. The number of hydrogen-bond donors (Lipinski definition) is 1. The summed E-state index contributed by atoms with van der Waals surface area (Å²) in [5, 5.41) is 12.7. The molecule has 0 aromatic carbocycles. The Morgan fingerprint density at radius 3 is 2.63 bits per heavy atom. The van der Waals surface area contributed by atoms with Crippen molar-refractivity contribution in [3.05, 3.63) is 27.2 Å². The van der Waals surface area contributed by atoms with Gasteiger partial charge in [-0.1, -0.05) is 19.3 Å². The van der Waals surface area contributed by atoms with Crippen LogP contribution in [-0.2, 0) is 24.2 Å². The first kappa shape index (κ1) is 21.0. The summed E-state index contributed by atoms with van der Waals surface area (Å²) in [6.07, 6.45) is 6.93. The maximum absolute atomic E-state index is 12.9. The molecule has 0 atom stereocenters. The maximum atomic E-state index is 12.9. The number of nitrogens with zero attached hydrogens (tertiary/aromatic N) is 5. The van der Waals surface area contributed by atoms with E-state index in [1.807, 2.05) is 18.7 Å². The molecule has 1 saturated carbocycles. The number of hydrogen-bond acceptors (Lipinski definition) is 6. The smallest absolute Gasteiger partial charge is 0.265 e. The summed E-state index contributed by atoms with van der Waals surface area (Å²) >= 11 is 1.46. The van der Waals surface area contributed by atoms with Gasteiger partial charge in [-0.3, -0.25) is 9.59 Å². The van der Waals surface area contributed by atoms with Crippen molar-refractivity contribution in [3.63, 3.8) is 0 Å². The van der Waals surface area contributed by atoms with Crippen LogP contribution in [0.15, 0.2) is 0 Å². The van der Waals surface area contributed by atoms with Crippen molar-refractivity contribution < 1.29 is 9.59 Å². The van der Waals surface area contributed by atoms with Crippen LogP contribution in [0.25, 0.3) is 0 Å². The zero-order valence-corrected chi connectivity index (χ0v) is 18.6. The highest BCUT2D eigenvalue weighted by atomic mass is 32.1. The molecule has 2 amide bonds. The van der Waals surface area contributed by atoms with E-state index in [2.05, 4.69) is 25.1 Å². The van der Waals surface area contributed by atoms with Crippen LogP contribution in [0, 0.1) is 19.8 Å². The number of carbonyl (C=O) groups excluding carboxylic acids is 2. The highest BCUT2D eigenvalue weighted by Gasteiger charge is 2.25. The monoisotopic (exact) mass is 430 g/mol. The maximum Gasteiger partial charge on any atom is 0.265 e. The lowest BCUT2D eigenvalue weighted by Crippen LogP contribution is -2.34. The Balaban J connectivity index is 1.33. The molecule has 0 spiro atoms. The van der Waals surface area contributed by atoms with Gasteiger partial charge in [0.05, 0.1) is 10.7 Å². The average molecular weight is 431 g/mol. The molecule has 2 aromatic heterocycles. The largest absolute Gasteiger partial charge is 0.355 e. The summed E-state index contributed by atoms with van der Waals surface area (Å²) in [7, 11) is 0. The van der Waals surface area contributed by atoms with E-state index >= 15 is 0 Å². The lowest BCUT2D eigenvalue weighted by Gasteiger charge is -2.20. The van der Waals surface area contributed by atoms with Crippen molar-refractivity contribution in [1.82, 2.24) is 30.0 Å². The van der Waals surface area contributed by atoms with Crippen LogP contribution in [0.2, 0.25) is 0 Å². The molecule has 0 unspecified atom stereocenters. The van der Waals surface area contributed by atoms with E-state index in [1.54, 1.807) is 0 Å². The molecule has 1 aliphatic heterocycles. The minimum Gasteiger partial charge on any atom is -0.355 e. The first-order valence-corrected chi connectivity index (χ1v) is 11.8. The summed E-state index contributed by atoms with van der Waals surface area (Å²) in [6.45, 7) is 6.33. The van der Waals surface area contributed by atoms with Gasteiger partial charge in [-0.2, -0.15) is 0 Å². The fraction of sp³-hybridized carbons (Fsp3) is 0.667. The van der Waals surface area contributed by atoms with Gasteiger partial charge >= 0.3 is 0 Å². The number of fused-ring (bicyclic) bond motifs is 1. The Bertz CT molecular complexity index is 915. The number of aryl methyl sites for hydroxylation is 2. The van der Waals surface area contributed by atoms with Crippen LogP contribution in [0.4, 0.5) is 0 Å². The Labute approximate surface area is 181 Å². The Hall–Kier alpha value is -2.29. The molecule has 4 rings (SSSR count). The van der Waals surface area contributed by atoms with Crippen LogP contribution >= 0.6 is 11.3 Å². The number of aromatic nitrogens is 4. The molecule has 0 radical (unpaired) electrons. The van der Waals surface area contributed by atoms with E-state index < -0.39 is 0 Å². The molecule has 1 N–H and O–H groups in total. The second kappa shape index (κ2) is 9.24. The Morgan fingerprint density at radius 2 is 1.90 bits per heavy atom. The van der Waals surface area contributed by atoms with E-state index in [4.69, 9.17) is 0 Å². The number of rotatable bonds is 5. The summed E-state index contributed by atoms with van der Waals surface area (Å²) in [4.78, 5) is 32.3. The molecule has 3 heterocycles. The molecule has 162 valence electrons. The van der Waals surface area contributed by atoms with Gasteiger partial charge in [-0.15, -0.1) is 21.5 Å². The molecule has 1 aliphatic carbocycles. The highest BCUT2D eigenvalue weighted by Crippen LogP contribution is 2.24. The minimum absolute atomic E-state index is 0.0538. The molecule has 2 aliphatic rings. The van der Waals surface area contributed by atoms with E-state index in [1.165, 1.54) is 17.8 Å². The lowest BCUT2D eigenvalue weighted by atomic mass is 9.89. The quantitative estimate of drug-likeness (QED) is 0.786. The molecule has 30 heavy (non-hydrogen) atoms. The second-order valence-electron chi connectivity index (χ2n) is 8.25. The Morgan fingerprint density at radius 1 is 1.10 bits per heavy atom. The number of carbonyl (C=O) groups is 2. The molecule has 8 nitrogen and oxygen atoms in total. The van der Waals surface area contributed by atoms with Gasteiger partial charge < -0.3 is 14.8 Å². The SMILES string of the molecule is Cc1nc(C)c(C(=O)N2CCc3nnc(CCNC(=O)C4CCCCC4)n3CC2)s1. The van der Waals surface area contributed by atoms with Crippen LogP contribution in [0.5, 0.6) is 0 Å². The molecular weight excluding hydrogens is 400 g/mol. The first-order chi connectivity index (χ1) is 14.5. The highest BCUT2D eigenvalue weighted by molar-refractivity contribution is 7.13. The van der Waals surface area contributed by atoms with Crippen molar-refractivity contribution in [2.75, 3.05) is 19.6 Å². The van der Waals surface area contributed by atoms with Crippen LogP contribution in [0.3, 0.4) is 0 Å². The molecule has 0 saturated heterocycles. The second-order valence-corrected chi connectivity index (χ2v) is 9.45. The van der Waals surface area contributed by atoms with E-state index in [-0.39, 0.29) is 17.7 Å². The fourth-order valence-corrected chi connectivity index (χ4v) is 5.34. The topological polar surface area (TPSA) is 93.0 Å². The van der Waals surface area contributed by atoms with Crippen molar-refractivity contribution in [2.24, 2.45) is 5.92 Å². The zero-order valence-electron chi connectivity index (χ0n) is 17.8. The third-order valence-corrected chi connectivity index (χ3v) is 7.17. The summed E-state index contributed by atoms with van der Waals surface area (Å²) in [5.41, 5.74) is 0.806. The first-order valence-electron chi connectivity index (χ1n) is 10.9. The molecule has 0 bridgehead atoms. The van der Waals surface area contributed by atoms with E-state index in [0.29, 0.717) is 39.0 Å². The van der Waals surface area contributed by atoms with Crippen molar-refractivity contribution in [2.45, 2.75) is 65.3 Å². The Kier molecular flexibility index (Phi) is 6.46. The van der Waals surface area contributed by atoms with Crippen LogP contribution in [0.1, 0.15) is 64.1 Å². The van der Waals surface area contributed by atoms with Crippen molar-refractivity contribution >= 4 is 23.2 Å². The summed E-state index contributed by atoms with van der Waals surface area (Å²) < 4.78 is 2.12. The summed E-state index contributed by atoms with van der Waals surface area (Å²) in [5.74, 6) is 2.20. The summed E-state index contributed by atoms with van der Waals surface area (Å²) in [6, 6.07) is 0. The lowest BCUT2D eigenvalue weighted by molar-refractivity contribution is -0.125. The van der Waals surface area contributed by atoms with Gasteiger partial charge in [0.25, 0.3) is 5.91 Å². The molecule has 9 heteroatoms. The van der Waals surface area contributed by atoms with Gasteiger partial charge in [-0.25, -0.2) is 4.98 Å². The predicted octanol–water partition coefficient (Wildman–Crippen LogP) is 2.29. The van der Waals surface area contributed by atoms with Gasteiger partial charge in [0.15, 0.2) is 0 Å². The van der Waals surface area contributed by atoms with E-state index in [9.17, 15) is 9.59 Å². The molecule has 1 fully saturated rings. The molecular formula is C21H30N6O2S. The molecule has 2 aromatic rings. The van der Waals surface area contributed by atoms with Crippen molar-refractivity contribution in [1.29, 1.82) is 0 Å².